The SMILES string of the molecule is CCCN1c2ccc(/C=C3/NC(=O)N(Cc4ccccc4Cl)C3=O)cc2C(C)=CC1(C)C. The first-order valence-corrected chi connectivity index (χ1v) is 11.3. The van der Waals surface area contributed by atoms with Gasteiger partial charge < -0.3 is 10.2 Å². The van der Waals surface area contributed by atoms with Gasteiger partial charge >= 0.3 is 6.03 Å². The zero-order valence-corrected chi connectivity index (χ0v) is 19.7. The van der Waals surface area contributed by atoms with Gasteiger partial charge in [-0.15, -0.1) is 0 Å². The Hall–Kier alpha value is -3.05. The van der Waals surface area contributed by atoms with Gasteiger partial charge in [0.25, 0.3) is 5.91 Å². The summed E-state index contributed by atoms with van der Waals surface area (Å²) in [7, 11) is 0. The van der Waals surface area contributed by atoms with E-state index < -0.39 is 6.03 Å². The number of nitrogens with one attached hydrogen (secondary N) is 1. The predicted octanol–water partition coefficient (Wildman–Crippen LogP) is 5.84. The van der Waals surface area contributed by atoms with Gasteiger partial charge in [0.15, 0.2) is 0 Å². The van der Waals surface area contributed by atoms with Gasteiger partial charge in [-0.1, -0.05) is 48.9 Å². The third-order valence-electron chi connectivity index (χ3n) is 6.01. The molecule has 166 valence electrons. The van der Waals surface area contributed by atoms with E-state index in [0.717, 1.165) is 29.7 Å². The number of imide groups is 1. The van der Waals surface area contributed by atoms with Crippen molar-refractivity contribution in [1.29, 1.82) is 0 Å². The maximum Gasteiger partial charge on any atom is 0.329 e. The molecule has 1 N–H and O–H groups in total. The average molecular weight is 450 g/mol. The molecule has 1 saturated heterocycles. The number of nitrogens with zero attached hydrogens (tertiary/aromatic N) is 2. The number of fused-ring (bicyclic) bond motifs is 1. The van der Waals surface area contributed by atoms with E-state index >= 15 is 0 Å². The van der Waals surface area contributed by atoms with Gasteiger partial charge in [0.1, 0.15) is 5.70 Å². The summed E-state index contributed by atoms with van der Waals surface area (Å²) in [6.45, 7) is 9.86. The van der Waals surface area contributed by atoms with Crippen molar-refractivity contribution in [3.63, 3.8) is 0 Å². The third-order valence-corrected chi connectivity index (χ3v) is 6.38. The van der Waals surface area contributed by atoms with Gasteiger partial charge in [0, 0.05) is 22.8 Å². The highest BCUT2D eigenvalue weighted by Crippen LogP contribution is 2.39. The fraction of sp³-hybridized carbons (Fsp3) is 0.308. The Morgan fingerprint density at radius 3 is 2.59 bits per heavy atom. The molecule has 1 fully saturated rings. The summed E-state index contributed by atoms with van der Waals surface area (Å²) < 4.78 is 0. The molecule has 6 heteroatoms. The molecule has 2 heterocycles. The Morgan fingerprint density at radius 1 is 1.12 bits per heavy atom. The van der Waals surface area contributed by atoms with Gasteiger partial charge in [-0.25, -0.2) is 4.79 Å². The molecule has 3 amide bonds. The van der Waals surface area contributed by atoms with Gasteiger partial charge in [-0.3, -0.25) is 9.69 Å². The fourth-order valence-corrected chi connectivity index (χ4v) is 4.70. The second-order valence-corrected chi connectivity index (χ2v) is 9.29. The van der Waals surface area contributed by atoms with E-state index in [4.69, 9.17) is 11.6 Å². The first-order valence-electron chi connectivity index (χ1n) is 10.9. The maximum atomic E-state index is 12.9. The van der Waals surface area contributed by atoms with Crippen molar-refractivity contribution >= 4 is 40.9 Å². The number of rotatable bonds is 5. The molecule has 0 saturated carbocycles. The van der Waals surface area contributed by atoms with Crippen LogP contribution >= 0.6 is 11.6 Å². The van der Waals surface area contributed by atoms with E-state index in [2.05, 4.69) is 56.1 Å². The number of anilines is 1. The van der Waals surface area contributed by atoms with E-state index in [-0.39, 0.29) is 23.7 Å². The number of hydrogen-bond acceptors (Lipinski definition) is 3. The van der Waals surface area contributed by atoms with Crippen LogP contribution in [0.3, 0.4) is 0 Å². The van der Waals surface area contributed by atoms with E-state index in [1.54, 1.807) is 12.1 Å². The average Bonchev–Trinajstić information content (AvgIpc) is 3.00. The minimum absolute atomic E-state index is 0.0539. The number of benzene rings is 2. The van der Waals surface area contributed by atoms with Crippen LogP contribution in [0.25, 0.3) is 11.6 Å². The zero-order valence-electron chi connectivity index (χ0n) is 18.9. The van der Waals surface area contributed by atoms with Crippen LogP contribution in [-0.2, 0) is 11.3 Å². The molecule has 0 spiro atoms. The van der Waals surface area contributed by atoms with Crippen molar-refractivity contribution in [3.05, 3.63) is 76.0 Å². The van der Waals surface area contributed by atoms with Crippen molar-refractivity contribution < 1.29 is 9.59 Å². The molecule has 32 heavy (non-hydrogen) atoms. The lowest BCUT2D eigenvalue weighted by Gasteiger charge is -2.43. The van der Waals surface area contributed by atoms with Gasteiger partial charge in [0.2, 0.25) is 0 Å². The summed E-state index contributed by atoms with van der Waals surface area (Å²) in [6.07, 6.45) is 5.09. The van der Waals surface area contributed by atoms with Crippen LogP contribution < -0.4 is 10.2 Å². The van der Waals surface area contributed by atoms with Crippen LogP contribution in [0.5, 0.6) is 0 Å². The summed E-state index contributed by atoms with van der Waals surface area (Å²) >= 11 is 6.21. The van der Waals surface area contributed by atoms with Crippen molar-refractivity contribution in [3.8, 4) is 0 Å². The smallest absolute Gasteiger partial charge is 0.329 e. The molecular weight excluding hydrogens is 422 g/mol. The lowest BCUT2D eigenvalue weighted by molar-refractivity contribution is -0.123. The normalized spacial score (nSPS) is 18.7. The van der Waals surface area contributed by atoms with Gasteiger partial charge in [-0.2, -0.15) is 0 Å². The molecular formula is C26H28ClN3O2. The van der Waals surface area contributed by atoms with Crippen LogP contribution in [0.15, 0.2) is 54.2 Å². The zero-order chi connectivity index (χ0) is 23.0. The summed E-state index contributed by atoms with van der Waals surface area (Å²) in [6, 6.07) is 13.0. The topological polar surface area (TPSA) is 52.7 Å². The largest absolute Gasteiger partial charge is 0.362 e. The second-order valence-electron chi connectivity index (χ2n) is 8.88. The molecule has 5 nitrogen and oxygen atoms in total. The lowest BCUT2D eigenvalue weighted by Crippen LogP contribution is -2.45. The van der Waals surface area contributed by atoms with Crippen LogP contribution in [0.4, 0.5) is 10.5 Å². The summed E-state index contributed by atoms with van der Waals surface area (Å²) in [4.78, 5) is 29.0. The van der Waals surface area contributed by atoms with Crippen LogP contribution in [-0.4, -0.2) is 28.9 Å². The number of urea groups is 1. The third kappa shape index (κ3) is 4.05. The number of amides is 3. The Balaban J connectivity index is 1.62. The number of allylic oxidation sites excluding steroid dienone is 1. The molecule has 2 aliphatic rings. The van der Waals surface area contributed by atoms with Gasteiger partial charge in [0.05, 0.1) is 12.1 Å². The summed E-state index contributed by atoms with van der Waals surface area (Å²) in [5, 5.41) is 3.24. The molecule has 0 unspecified atom stereocenters. The van der Waals surface area contributed by atoms with E-state index in [0.29, 0.717) is 5.02 Å². The second kappa shape index (κ2) is 8.47. The highest BCUT2D eigenvalue weighted by Gasteiger charge is 2.34. The number of halogens is 1. The molecule has 0 aromatic heterocycles. The first kappa shape index (κ1) is 22.2. The quantitative estimate of drug-likeness (QED) is 0.460. The fourth-order valence-electron chi connectivity index (χ4n) is 4.50. The lowest BCUT2D eigenvalue weighted by atomic mass is 9.87. The predicted molar refractivity (Wildman–Crippen MR) is 130 cm³/mol. The first-order chi connectivity index (χ1) is 15.2. The van der Waals surface area contributed by atoms with Crippen molar-refractivity contribution in [2.45, 2.75) is 46.2 Å². The van der Waals surface area contributed by atoms with E-state index in [9.17, 15) is 9.59 Å². The molecule has 0 bridgehead atoms. The Morgan fingerprint density at radius 2 is 1.88 bits per heavy atom. The highest BCUT2D eigenvalue weighted by molar-refractivity contribution is 6.31. The number of carbonyl (C=O) groups is 2. The molecule has 2 aromatic rings. The van der Waals surface area contributed by atoms with Crippen molar-refractivity contribution in [1.82, 2.24) is 10.2 Å². The Labute approximate surface area is 194 Å². The molecule has 4 rings (SSSR count). The number of carbonyl (C=O) groups excluding carboxylic acids is 2. The Bertz CT molecular complexity index is 1150. The summed E-state index contributed by atoms with van der Waals surface area (Å²) in [5.74, 6) is -0.353. The molecule has 2 aliphatic heterocycles. The molecule has 0 atom stereocenters. The standard InChI is InChI=1S/C26H28ClN3O2/c1-5-12-30-23-11-10-18(13-20(23)17(2)15-26(30,3)4)14-22-24(31)29(25(32)28-22)16-19-8-6-7-9-21(19)27/h6-11,13-15H,5,12,16H2,1-4H3,(H,28,32)/b22-14+. The monoisotopic (exact) mass is 449 g/mol. The Kier molecular flexibility index (Phi) is 5.87. The van der Waals surface area contributed by atoms with Crippen LogP contribution in [0.1, 0.15) is 50.8 Å². The van der Waals surface area contributed by atoms with Crippen LogP contribution in [0.2, 0.25) is 5.02 Å². The minimum atomic E-state index is -0.439. The maximum absolute atomic E-state index is 12.9. The minimum Gasteiger partial charge on any atom is -0.362 e. The highest BCUT2D eigenvalue weighted by atomic mass is 35.5. The van der Waals surface area contributed by atoms with E-state index in [1.165, 1.54) is 16.2 Å². The number of hydrogen-bond donors (Lipinski definition) is 1. The molecule has 0 aliphatic carbocycles. The van der Waals surface area contributed by atoms with Gasteiger partial charge in [-0.05, 0) is 68.2 Å². The van der Waals surface area contributed by atoms with E-state index in [1.807, 2.05) is 24.3 Å². The van der Waals surface area contributed by atoms with Crippen LogP contribution in [0, 0.1) is 0 Å². The molecule has 0 radical (unpaired) electrons. The van der Waals surface area contributed by atoms with Crippen molar-refractivity contribution in [2.24, 2.45) is 0 Å². The summed E-state index contributed by atoms with van der Waals surface area (Å²) in [5.41, 5.74) is 5.37. The molecule has 2 aromatic carbocycles. The van der Waals surface area contributed by atoms with Crippen molar-refractivity contribution in [2.75, 3.05) is 11.4 Å².